The van der Waals surface area contributed by atoms with E-state index >= 15 is 0 Å². The van der Waals surface area contributed by atoms with Gasteiger partial charge in [0.15, 0.2) is 5.11 Å². The standard InChI is InChI=1S/C12H10N4O3S/c13-12(20)15-8-4-9(16(17)18)6-11(5-8)19-10-2-1-3-14-7-10/h1-7H,(H3,13,15,20). The number of nitrogens with one attached hydrogen (secondary N) is 1. The van der Waals surface area contributed by atoms with Crippen molar-refractivity contribution in [2.75, 3.05) is 5.32 Å². The molecule has 0 unspecified atom stereocenters. The summed E-state index contributed by atoms with van der Waals surface area (Å²) in [5.74, 6) is 0.750. The van der Waals surface area contributed by atoms with E-state index in [1.807, 2.05) is 0 Å². The molecule has 0 aliphatic rings. The zero-order valence-electron chi connectivity index (χ0n) is 10.1. The van der Waals surface area contributed by atoms with Gasteiger partial charge in [-0.25, -0.2) is 0 Å². The lowest BCUT2D eigenvalue weighted by Gasteiger charge is -2.08. The van der Waals surface area contributed by atoms with Crippen LogP contribution in [0.15, 0.2) is 42.7 Å². The van der Waals surface area contributed by atoms with Crippen molar-refractivity contribution in [3.05, 3.63) is 52.8 Å². The minimum atomic E-state index is -0.527. The molecule has 1 heterocycles. The Kier molecular flexibility index (Phi) is 4.06. The van der Waals surface area contributed by atoms with Crippen molar-refractivity contribution in [1.82, 2.24) is 4.98 Å². The van der Waals surface area contributed by atoms with E-state index < -0.39 is 4.92 Å². The van der Waals surface area contributed by atoms with Crippen LogP contribution in [0, 0.1) is 10.1 Å². The van der Waals surface area contributed by atoms with Crippen LogP contribution >= 0.6 is 12.2 Å². The number of anilines is 1. The third-order valence-corrected chi connectivity index (χ3v) is 2.34. The van der Waals surface area contributed by atoms with Gasteiger partial charge in [0.1, 0.15) is 11.5 Å². The Morgan fingerprint density at radius 2 is 2.20 bits per heavy atom. The summed E-state index contributed by atoms with van der Waals surface area (Å²) in [6, 6.07) is 7.56. The number of hydrogen-bond donors (Lipinski definition) is 2. The Morgan fingerprint density at radius 3 is 2.80 bits per heavy atom. The Balaban J connectivity index is 2.34. The number of ether oxygens (including phenoxy) is 1. The van der Waals surface area contributed by atoms with Crippen molar-refractivity contribution < 1.29 is 9.66 Å². The van der Waals surface area contributed by atoms with Gasteiger partial charge in [0.05, 0.1) is 22.9 Å². The van der Waals surface area contributed by atoms with Crippen LogP contribution in [0.5, 0.6) is 11.5 Å². The normalized spacial score (nSPS) is 9.80. The van der Waals surface area contributed by atoms with Gasteiger partial charge in [-0.1, -0.05) is 0 Å². The average molecular weight is 290 g/mol. The maximum Gasteiger partial charge on any atom is 0.275 e. The minimum Gasteiger partial charge on any atom is -0.455 e. The Bertz CT molecular complexity index is 648. The molecule has 0 bridgehead atoms. The summed E-state index contributed by atoms with van der Waals surface area (Å²) < 4.78 is 5.50. The Labute approximate surface area is 119 Å². The third kappa shape index (κ3) is 3.62. The van der Waals surface area contributed by atoms with E-state index in [9.17, 15) is 10.1 Å². The number of aromatic nitrogens is 1. The second-order valence-corrected chi connectivity index (χ2v) is 4.19. The Hall–Kier alpha value is -2.74. The van der Waals surface area contributed by atoms with Crippen LogP contribution in [0.3, 0.4) is 0 Å². The summed E-state index contributed by atoms with van der Waals surface area (Å²) >= 11 is 4.71. The molecule has 102 valence electrons. The number of rotatable bonds is 4. The number of non-ortho nitro benzene ring substituents is 1. The second kappa shape index (κ2) is 5.93. The lowest BCUT2D eigenvalue weighted by molar-refractivity contribution is -0.384. The fourth-order valence-electron chi connectivity index (χ4n) is 1.51. The molecule has 1 aromatic heterocycles. The number of nitrogens with two attached hydrogens (primary N) is 1. The molecule has 2 aromatic rings. The highest BCUT2D eigenvalue weighted by Crippen LogP contribution is 2.29. The number of nitrogens with zero attached hydrogens (tertiary/aromatic N) is 2. The Morgan fingerprint density at radius 1 is 1.40 bits per heavy atom. The van der Waals surface area contributed by atoms with Gasteiger partial charge in [0.2, 0.25) is 0 Å². The summed E-state index contributed by atoms with van der Waals surface area (Å²) in [4.78, 5) is 14.3. The molecule has 0 amide bonds. The molecular weight excluding hydrogens is 280 g/mol. The van der Waals surface area contributed by atoms with Crippen LogP contribution in [-0.2, 0) is 0 Å². The smallest absolute Gasteiger partial charge is 0.275 e. The average Bonchev–Trinajstić information content (AvgIpc) is 2.38. The van der Waals surface area contributed by atoms with E-state index in [1.54, 1.807) is 24.4 Å². The highest BCUT2D eigenvalue weighted by atomic mass is 32.1. The molecule has 0 radical (unpaired) electrons. The molecule has 0 aliphatic carbocycles. The van der Waals surface area contributed by atoms with Crippen LogP contribution in [-0.4, -0.2) is 15.0 Å². The largest absolute Gasteiger partial charge is 0.455 e. The van der Waals surface area contributed by atoms with E-state index in [2.05, 4.69) is 10.3 Å². The van der Waals surface area contributed by atoms with Crippen molar-refractivity contribution in [3.8, 4) is 11.5 Å². The molecule has 0 fully saturated rings. The lowest BCUT2D eigenvalue weighted by Crippen LogP contribution is -2.18. The highest BCUT2D eigenvalue weighted by Gasteiger charge is 2.11. The quantitative estimate of drug-likeness (QED) is 0.506. The van der Waals surface area contributed by atoms with Crippen LogP contribution in [0.2, 0.25) is 0 Å². The fourth-order valence-corrected chi connectivity index (χ4v) is 1.62. The van der Waals surface area contributed by atoms with Gasteiger partial charge >= 0.3 is 0 Å². The number of thiocarbonyl (C=S) groups is 1. The maximum atomic E-state index is 10.9. The number of benzene rings is 1. The highest BCUT2D eigenvalue weighted by molar-refractivity contribution is 7.80. The molecule has 0 atom stereocenters. The van der Waals surface area contributed by atoms with Gasteiger partial charge in [-0.05, 0) is 24.4 Å². The van der Waals surface area contributed by atoms with E-state index in [-0.39, 0.29) is 16.5 Å². The predicted molar refractivity (Wildman–Crippen MR) is 77.8 cm³/mol. The molecular formula is C12H10N4O3S. The SMILES string of the molecule is NC(=S)Nc1cc(Oc2cccnc2)cc([N+](=O)[O-])c1. The second-order valence-electron chi connectivity index (χ2n) is 3.75. The van der Waals surface area contributed by atoms with Gasteiger partial charge in [-0.2, -0.15) is 0 Å². The van der Waals surface area contributed by atoms with Crippen LogP contribution in [0.25, 0.3) is 0 Å². The minimum absolute atomic E-state index is 0.0119. The molecule has 0 spiro atoms. The lowest BCUT2D eigenvalue weighted by atomic mass is 10.2. The van der Waals surface area contributed by atoms with Gasteiger partial charge in [0, 0.05) is 18.3 Å². The first-order valence-electron chi connectivity index (χ1n) is 5.48. The zero-order valence-corrected chi connectivity index (χ0v) is 11.0. The first kappa shape index (κ1) is 13.7. The number of nitro benzene ring substituents is 1. The van der Waals surface area contributed by atoms with E-state index in [1.165, 1.54) is 18.3 Å². The summed E-state index contributed by atoms with van der Waals surface area (Å²) in [6.45, 7) is 0. The molecule has 0 aliphatic heterocycles. The monoisotopic (exact) mass is 290 g/mol. The number of pyridine rings is 1. The molecule has 1 aromatic carbocycles. The molecule has 20 heavy (non-hydrogen) atoms. The summed E-state index contributed by atoms with van der Waals surface area (Å²) in [5, 5.41) is 13.5. The van der Waals surface area contributed by atoms with Crippen molar-refractivity contribution in [1.29, 1.82) is 0 Å². The summed E-state index contributed by atoms with van der Waals surface area (Å²) in [7, 11) is 0. The molecule has 0 saturated heterocycles. The first-order chi connectivity index (χ1) is 9.54. The summed E-state index contributed by atoms with van der Waals surface area (Å²) in [6.07, 6.45) is 3.10. The summed E-state index contributed by atoms with van der Waals surface area (Å²) in [5.41, 5.74) is 5.60. The van der Waals surface area contributed by atoms with Crippen molar-refractivity contribution in [2.45, 2.75) is 0 Å². The molecule has 2 rings (SSSR count). The van der Waals surface area contributed by atoms with Crippen molar-refractivity contribution in [2.24, 2.45) is 5.73 Å². The predicted octanol–water partition coefficient (Wildman–Crippen LogP) is 2.44. The van der Waals surface area contributed by atoms with Gasteiger partial charge in [-0.15, -0.1) is 0 Å². The molecule has 3 N–H and O–H groups in total. The van der Waals surface area contributed by atoms with Crippen molar-refractivity contribution in [3.63, 3.8) is 0 Å². The van der Waals surface area contributed by atoms with Crippen molar-refractivity contribution >= 4 is 28.7 Å². The molecule has 7 nitrogen and oxygen atoms in total. The first-order valence-corrected chi connectivity index (χ1v) is 5.89. The van der Waals surface area contributed by atoms with E-state index in [0.717, 1.165) is 0 Å². The molecule has 8 heteroatoms. The molecule has 0 saturated carbocycles. The van der Waals surface area contributed by atoms with Crippen LogP contribution < -0.4 is 15.8 Å². The van der Waals surface area contributed by atoms with Gasteiger partial charge in [-0.3, -0.25) is 15.1 Å². The van der Waals surface area contributed by atoms with E-state index in [0.29, 0.717) is 11.4 Å². The maximum absolute atomic E-state index is 10.9. The fraction of sp³-hybridized carbons (Fsp3) is 0. The number of nitro groups is 1. The topological polar surface area (TPSA) is 103 Å². The van der Waals surface area contributed by atoms with Gasteiger partial charge < -0.3 is 15.8 Å². The van der Waals surface area contributed by atoms with E-state index in [4.69, 9.17) is 22.7 Å². The van der Waals surface area contributed by atoms with Gasteiger partial charge in [0.25, 0.3) is 5.69 Å². The number of hydrogen-bond acceptors (Lipinski definition) is 5. The van der Waals surface area contributed by atoms with Crippen LogP contribution in [0.4, 0.5) is 11.4 Å². The third-order valence-electron chi connectivity index (χ3n) is 2.24. The van der Waals surface area contributed by atoms with Crippen LogP contribution in [0.1, 0.15) is 0 Å². The zero-order chi connectivity index (χ0) is 14.5.